The molecule has 2 unspecified atom stereocenters. The number of likely N-dealkylation sites (N-methyl/N-ethyl adjacent to an activating group) is 1. The first-order chi connectivity index (χ1) is 9.75. The Hall–Kier alpha value is -1.06. The largest absolute Gasteiger partial charge is 0.394 e. The lowest BCUT2D eigenvalue weighted by Gasteiger charge is -2.35. The molecule has 1 saturated carbocycles. The van der Waals surface area contributed by atoms with E-state index in [4.69, 9.17) is 0 Å². The van der Waals surface area contributed by atoms with Gasteiger partial charge in [-0.2, -0.15) is 0 Å². The summed E-state index contributed by atoms with van der Waals surface area (Å²) in [6, 6.07) is 10.6. The van der Waals surface area contributed by atoms with Crippen LogP contribution in [0.15, 0.2) is 30.3 Å². The third-order valence-electron chi connectivity index (χ3n) is 4.99. The highest BCUT2D eigenvalue weighted by Crippen LogP contribution is 2.37. The van der Waals surface area contributed by atoms with Gasteiger partial charge in [0, 0.05) is 24.3 Å². The summed E-state index contributed by atoms with van der Waals surface area (Å²) in [4.78, 5) is 2.43. The Morgan fingerprint density at radius 2 is 2.10 bits per heavy atom. The minimum Gasteiger partial charge on any atom is -0.394 e. The van der Waals surface area contributed by atoms with E-state index in [-0.39, 0.29) is 12.1 Å². The minimum atomic E-state index is -0.0455. The first-order valence-corrected chi connectivity index (χ1v) is 7.85. The number of nitrogens with one attached hydrogen (secondary N) is 1. The molecule has 1 fully saturated rings. The molecule has 3 heteroatoms. The van der Waals surface area contributed by atoms with Crippen LogP contribution in [0.1, 0.15) is 32.6 Å². The fourth-order valence-corrected chi connectivity index (χ4v) is 3.60. The minimum absolute atomic E-state index is 0.0455. The molecular weight excluding hydrogens is 248 g/mol. The molecule has 20 heavy (non-hydrogen) atoms. The fourth-order valence-electron chi connectivity index (χ4n) is 3.60. The molecule has 2 rings (SSSR count). The number of nitrogens with zero attached hydrogens (tertiary/aromatic N) is 1. The normalized spacial score (nSPS) is 25.9. The molecule has 3 nitrogen and oxygen atoms in total. The summed E-state index contributed by atoms with van der Waals surface area (Å²) < 4.78 is 0. The van der Waals surface area contributed by atoms with E-state index >= 15 is 0 Å². The van der Waals surface area contributed by atoms with E-state index in [9.17, 15) is 5.11 Å². The molecule has 2 atom stereocenters. The Labute approximate surface area is 123 Å². The van der Waals surface area contributed by atoms with Gasteiger partial charge >= 0.3 is 0 Å². The van der Waals surface area contributed by atoms with Gasteiger partial charge in [0.05, 0.1) is 6.61 Å². The SMILES string of the molecule is CCN(CCC1CCCC1(CO)NC)c1ccccc1. The lowest BCUT2D eigenvalue weighted by atomic mass is 9.85. The molecule has 0 aliphatic heterocycles. The summed E-state index contributed by atoms with van der Waals surface area (Å²) in [5.41, 5.74) is 1.25. The molecule has 0 heterocycles. The van der Waals surface area contributed by atoms with Crippen LogP contribution in [0.2, 0.25) is 0 Å². The zero-order chi connectivity index (χ0) is 14.4. The van der Waals surface area contributed by atoms with Gasteiger partial charge in [-0.15, -0.1) is 0 Å². The van der Waals surface area contributed by atoms with E-state index in [0.29, 0.717) is 5.92 Å². The summed E-state index contributed by atoms with van der Waals surface area (Å²) in [5, 5.41) is 13.1. The number of anilines is 1. The summed E-state index contributed by atoms with van der Waals surface area (Å²) in [7, 11) is 1.99. The number of aliphatic hydroxyl groups excluding tert-OH is 1. The lowest BCUT2D eigenvalue weighted by Crippen LogP contribution is -2.50. The molecule has 0 saturated heterocycles. The first-order valence-electron chi connectivity index (χ1n) is 7.85. The molecule has 0 radical (unpaired) electrons. The van der Waals surface area contributed by atoms with Gasteiger partial charge in [0.1, 0.15) is 0 Å². The molecule has 1 aliphatic rings. The van der Waals surface area contributed by atoms with Gasteiger partial charge in [0.2, 0.25) is 0 Å². The van der Waals surface area contributed by atoms with Crippen molar-refractivity contribution in [3.8, 4) is 0 Å². The average Bonchev–Trinajstić information content (AvgIpc) is 2.92. The highest BCUT2D eigenvalue weighted by molar-refractivity contribution is 5.45. The quantitative estimate of drug-likeness (QED) is 0.803. The number of hydrogen-bond donors (Lipinski definition) is 2. The third kappa shape index (κ3) is 3.15. The summed E-state index contributed by atoms with van der Waals surface area (Å²) >= 11 is 0. The number of hydrogen-bond acceptors (Lipinski definition) is 3. The van der Waals surface area contributed by atoms with E-state index in [1.807, 2.05) is 7.05 Å². The van der Waals surface area contributed by atoms with Crippen molar-refractivity contribution in [2.75, 3.05) is 31.6 Å². The van der Waals surface area contributed by atoms with Crippen molar-refractivity contribution in [3.05, 3.63) is 30.3 Å². The van der Waals surface area contributed by atoms with Gasteiger partial charge in [-0.05, 0) is 51.3 Å². The van der Waals surface area contributed by atoms with Crippen LogP contribution < -0.4 is 10.2 Å². The Morgan fingerprint density at radius 3 is 2.70 bits per heavy atom. The third-order valence-corrected chi connectivity index (χ3v) is 4.99. The Kier molecular flexibility index (Phi) is 5.44. The van der Waals surface area contributed by atoms with Gasteiger partial charge in [0.15, 0.2) is 0 Å². The van der Waals surface area contributed by atoms with E-state index in [1.54, 1.807) is 0 Å². The number of aliphatic hydroxyl groups is 1. The molecule has 0 amide bonds. The maximum absolute atomic E-state index is 9.75. The van der Waals surface area contributed by atoms with E-state index in [0.717, 1.165) is 25.9 Å². The molecule has 0 bridgehead atoms. The maximum atomic E-state index is 9.75. The molecule has 0 aromatic heterocycles. The summed E-state index contributed by atoms with van der Waals surface area (Å²) in [5.74, 6) is 0.579. The standard InChI is InChI=1S/C17H28N2O/c1-3-19(16-9-5-4-6-10-16)13-11-15-8-7-12-17(15,14-20)18-2/h4-6,9-10,15,18,20H,3,7-8,11-14H2,1-2H3. The summed E-state index contributed by atoms with van der Waals surface area (Å²) in [6.45, 7) is 4.56. The van der Waals surface area contributed by atoms with Crippen LogP contribution >= 0.6 is 0 Å². The van der Waals surface area contributed by atoms with E-state index in [2.05, 4.69) is 47.5 Å². The van der Waals surface area contributed by atoms with Crippen molar-refractivity contribution in [1.82, 2.24) is 5.32 Å². The fraction of sp³-hybridized carbons (Fsp3) is 0.647. The first kappa shape index (κ1) is 15.3. The monoisotopic (exact) mass is 276 g/mol. The van der Waals surface area contributed by atoms with Crippen LogP contribution in [0.5, 0.6) is 0 Å². The predicted molar refractivity (Wildman–Crippen MR) is 85.2 cm³/mol. The Bertz CT molecular complexity index is 389. The second kappa shape index (κ2) is 7.09. The van der Waals surface area contributed by atoms with Gasteiger partial charge < -0.3 is 15.3 Å². The zero-order valence-corrected chi connectivity index (χ0v) is 12.8. The second-order valence-electron chi connectivity index (χ2n) is 5.86. The average molecular weight is 276 g/mol. The van der Waals surface area contributed by atoms with Crippen LogP contribution in [0.4, 0.5) is 5.69 Å². The van der Waals surface area contributed by atoms with Gasteiger partial charge in [-0.1, -0.05) is 24.6 Å². The second-order valence-corrected chi connectivity index (χ2v) is 5.86. The highest BCUT2D eigenvalue weighted by Gasteiger charge is 2.40. The van der Waals surface area contributed by atoms with Crippen LogP contribution in [0, 0.1) is 5.92 Å². The maximum Gasteiger partial charge on any atom is 0.0615 e. The smallest absolute Gasteiger partial charge is 0.0615 e. The van der Waals surface area contributed by atoms with Crippen molar-refractivity contribution < 1.29 is 5.11 Å². The van der Waals surface area contributed by atoms with Crippen LogP contribution in [0.25, 0.3) is 0 Å². The summed E-state index contributed by atoms with van der Waals surface area (Å²) in [6.07, 6.45) is 4.70. The number of rotatable bonds is 7. The molecule has 1 aromatic rings. The zero-order valence-electron chi connectivity index (χ0n) is 12.8. The molecule has 1 aromatic carbocycles. The van der Waals surface area contributed by atoms with Crippen molar-refractivity contribution in [1.29, 1.82) is 0 Å². The van der Waals surface area contributed by atoms with Crippen LogP contribution in [-0.2, 0) is 0 Å². The predicted octanol–water partition coefficient (Wildman–Crippen LogP) is 2.65. The lowest BCUT2D eigenvalue weighted by molar-refractivity contribution is 0.128. The number of para-hydroxylation sites is 1. The highest BCUT2D eigenvalue weighted by atomic mass is 16.3. The van der Waals surface area contributed by atoms with Crippen molar-refractivity contribution in [2.24, 2.45) is 5.92 Å². The Balaban J connectivity index is 1.96. The van der Waals surface area contributed by atoms with Crippen LogP contribution in [-0.4, -0.2) is 37.4 Å². The van der Waals surface area contributed by atoms with Crippen molar-refractivity contribution in [3.63, 3.8) is 0 Å². The molecular formula is C17H28N2O. The van der Waals surface area contributed by atoms with Crippen molar-refractivity contribution >= 4 is 5.69 Å². The van der Waals surface area contributed by atoms with Gasteiger partial charge in [-0.3, -0.25) is 0 Å². The molecule has 2 N–H and O–H groups in total. The van der Waals surface area contributed by atoms with Gasteiger partial charge in [0.25, 0.3) is 0 Å². The Morgan fingerprint density at radius 1 is 1.35 bits per heavy atom. The van der Waals surface area contributed by atoms with Gasteiger partial charge in [-0.25, -0.2) is 0 Å². The van der Waals surface area contributed by atoms with E-state index < -0.39 is 0 Å². The molecule has 0 spiro atoms. The molecule has 1 aliphatic carbocycles. The van der Waals surface area contributed by atoms with Crippen molar-refractivity contribution in [2.45, 2.75) is 38.1 Å². The van der Waals surface area contributed by atoms with Crippen LogP contribution in [0.3, 0.4) is 0 Å². The topological polar surface area (TPSA) is 35.5 Å². The number of benzene rings is 1. The molecule has 112 valence electrons. The van der Waals surface area contributed by atoms with E-state index in [1.165, 1.54) is 18.5 Å².